The quantitative estimate of drug-likeness (QED) is 0.598. The molecule has 4 rings (SSSR count). The number of hydrogen-bond acceptors (Lipinski definition) is 6. The van der Waals surface area contributed by atoms with Crippen molar-refractivity contribution >= 4 is 39.1 Å². The van der Waals surface area contributed by atoms with Gasteiger partial charge in [-0.1, -0.05) is 32.9 Å². The molecule has 168 valence electrons. The normalized spacial score (nSPS) is 14.3. The van der Waals surface area contributed by atoms with E-state index < -0.39 is 18.0 Å². The molecule has 0 radical (unpaired) electrons. The number of thiophene rings is 1. The molecule has 1 aliphatic rings. The Hall–Kier alpha value is -3.00. The maximum atomic E-state index is 12.8. The monoisotopic (exact) mass is 453 g/mol. The van der Waals surface area contributed by atoms with Crippen LogP contribution in [0.25, 0.3) is 10.2 Å². The van der Waals surface area contributed by atoms with Crippen LogP contribution in [0.2, 0.25) is 0 Å². The Labute approximate surface area is 190 Å². The third-order valence-electron chi connectivity index (χ3n) is 5.77. The predicted molar refractivity (Wildman–Crippen MR) is 126 cm³/mol. The molecule has 32 heavy (non-hydrogen) atoms. The molecule has 2 aromatic heterocycles. The van der Waals surface area contributed by atoms with Gasteiger partial charge in [-0.25, -0.2) is 9.78 Å². The number of rotatable bonds is 4. The fourth-order valence-electron chi connectivity index (χ4n) is 3.84. The first-order valence-corrected chi connectivity index (χ1v) is 11.5. The molecular weight excluding hydrogens is 426 g/mol. The van der Waals surface area contributed by atoms with E-state index >= 15 is 0 Å². The van der Waals surface area contributed by atoms with Gasteiger partial charge >= 0.3 is 5.97 Å². The Bertz CT molecular complexity index is 1270. The van der Waals surface area contributed by atoms with Crippen LogP contribution >= 0.6 is 11.3 Å². The van der Waals surface area contributed by atoms with E-state index in [1.54, 1.807) is 11.5 Å². The van der Waals surface area contributed by atoms with Crippen molar-refractivity contribution in [2.45, 2.75) is 65.5 Å². The Balaban J connectivity index is 1.48. The number of anilines is 1. The summed E-state index contributed by atoms with van der Waals surface area (Å²) in [6, 6.07) is 7.61. The van der Waals surface area contributed by atoms with Crippen LogP contribution in [0, 0.1) is 6.92 Å². The number of nitrogens with zero attached hydrogens (tertiary/aromatic N) is 2. The molecule has 0 fully saturated rings. The van der Waals surface area contributed by atoms with Crippen molar-refractivity contribution in [3.05, 3.63) is 56.4 Å². The summed E-state index contributed by atoms with van der Waals surface area (Å²) in [6.45, 7) is 10.3. The van der Waals surface area contributed by atoms with Gasteiger partial charge in [0.1, 0.15) is 15.5 Å². The van der Waals surface area contributed by atoms with Crippen LogP contribution in [0.4, 0.5) is 5.69 Å². The van der Waals surface area contributed by atoms with E-state index in [9.17, 15) is 14.4 Å². The highest BCUT2D eigenvalue weighted by molar-refractivity contribution is 7.20. The Morgan fingerprint density at radius 3 is 2.56 bits per heavy atom. The molecule has 1 amide bonds. The number of benzene rings is 1. The highest BCUT2D eigenvalue weighted by Crippen LogP contribution is 2.29. The fourth-order valence-corrected chi connectivity index (χ4v) is 4.91. The number of fused-ring (bicyclic) bond motifs is 2. The summed E-state index contributed by atoms with van der Waals surface area (Å²) >= 11 is 1.14. The van der Waals surface area contributed by atoms with Gasteiger partial charge in [0.15, 0.2) is 6.10 Å². The van der Waals surface area contributed by atoms with Gasteiger partial charge < -0.3 is 10.1 Å². The standard InChI is InChI=1S/C24H27N3O4S/c1-13-18-21(26-17-7-6-12-27(17)22(18)29)32-19(13)23(30)31-14(2)20(28)25-16-10-8-15(9-11-16)24(3,4)5/h8-11,14H,6-7,12H2,1-5H3,(H,25,28). The summed E-state index contributed by atoms with van der Waals surface area (Å²) in [5.74, 6) is -0.285. The molecule has 7 nitrogen and oxygen atoms in total. The topological polar surface area (TPSA) is 90.3 Å². The minimum absolute atomic E-state index is 0.0188. The van der Waals surface area contributed by atoms with Crippen LogP contribution in [-0.2, 0) is 27.9 Å². The number of aryl methyl sites for hydroxylation is 2. The van der Waals surface area contributed by atoms with Gasteiger partial charge in [0, 0.05) is 18.7 Å². The van der Waals surface area contributed by atoms with Crippen molar-refractivity contribution in [3.8, 4) is 0 Å². The SMILES string of the molecule is Cc1c(C(=O)OC(C)C(=O)Nc2ccc(C(C)(C)C)cc2)sc2nc3n(c(=O)c12)CCC3. The Morgan fingerprint density at radius 2 is 1.91 bits per heavy atom. The van der Waals surface area contributed by atoms with Crippen molar-refractivity contribution in [1.29, 1.82) is 0 Å². The fraction of sp³-hybridized carbons (Fsp3) is 0.417. The molecule has 0 spiro atoms. The Kier molecular flexibility index (Phi) is 5.67. The van der Waals surface area contributed by atoms with Gasteiger partial charge in [0.25, 0.3) is 11.5 Å². The van der Waals surface area contributed by atoms with Gasteiger partial charge in [-0.15, -0.1) is 11.3 Å². The minimum Gasteiger partial charge on any atom is -0.448 e. The summed E-state index contributed by atoms with van der Waals surface area (Å²) in [7, 11) is 0. The summed E-state index contributed by atoms with van der Waals surface area (Å²) < 4.78 is 7.10. The number of carbonyl (C=O) groups excluding carboxylic acids is 2. The van der Waals surface area contributed by atoms with Crippen LogP contribution < -0.4 is 10.9 Å². The summed E-state index contributed by atoms with van der Waals surface area (Å²) in [4.78, 5) is 43.6. The lowest BCUT2D eigenvalue weighted by Crippen LogP contribution is -2.30. The van der Waals surface area contributed by atoms with Crippen molar-refractivity contribution in [2.75, 3.05) is 5.32 Å². The summed E-state index contributed by atoms with van der Waals surface area (Å²) in [6.07, 6.45) is 0.669. The largest absolute Gasteiger partial charge is 0.448 e. The molecule has 0 saturated carbocycles. The Morgan fingerprint density at radius 1 is 1.22 bits per heavy atom. The van der Waals surface area contributed by atoms with E-state index in [-0.39, 0.29) is 11.0 Å². The average Bonchev–Trinajstić information content (AvgIpc) is 3.32. The van der Waals surface area contributed by atoms with Gasteiger partial charge in [0.2, 0.25) is 0 Å². The molecule has 1 unspecified atom stereocenters. The predicted octanol–water partition coefficient (Wildman–Crippen LogP) is 4.19. The second-order valence-electron chi connectivity index (χ2n) is 9.19. The number of esters is 1. The molecular formula is C24H27N3O4S. The number of hydrogen-bond donors (Lipinski definition) is 1. The maximum Gasteiger partial charge on any atom is 0.349 e. The van der Waals surface area contributed by atoms with Gasteiger partial charge in [-0.3, -0.25) is 14.2 Å². The van der Waals surface area contributed by atoms with Gasteiger partial charge in [-0.2, -0.15) is 0 Å². The molecule has 0 bridgehead atoms. The van der Waals surface area contributed by atoms with E-state index in [1.807, 2.05) is 24.3 Å². The lowest BCUT2D eigenvalue weighted by Gasteiger charge is -2.19. The van der Waals surface area contributed by atoms with E-state index in [1.165, 1.54) is 6.92 Å². The van der Waals surface area contributed by atoms with E-state index in [2.05, 4.69) is 31.1 Å². The first-order valence-electron chi connectivity index (χ1n) is 10.7. The zero-order valence-corrected chi connectivity index (χ0v) is 19.8. The molecule has 3 heterocycles. The molecule has 0 saturated heterocycles. The molecule has 1 aliphatic heterocycles. The first-order chi connectivity index (χ1) is 15.1. The molecule has 0 aliphatic carbocycles. The average molecular weight is 454 g/mol. The summed E-state index contributed by atoms with van der Waals surface area (Å²) in [5, 5.41) is 3.24. The summed E-state index contributed by atoms with van der Waals surface area (Å²) in [5.41, 5.74) is 2.26. The number of nitrogens with one attached hydrogen (secondary N) is 1. The second-order valence-corrected chi connectivity index (χ2v) is 10.2. The van der Waals surface area contributed by atoms with Gasteiger partial charge in [0.05, 0.1) is 5.39 Å². The van der Waals surface area contributed by atoms with Crippen molar-refractivity contribution < 1.29 is 14.3 Å². The van der Waals surface area contributed by atoms with Crippen LogP contribution in [0.5, 0.6) is 0 Å². The molecule has 1 N–H and O–H groups in total. The minimum atomic E-state index is -0.992. The molecule has 1 aromatic carbocycles. The molecule has 3 aromatic rings. The molecule has 1 atom stereocenters. The highest BCUT2D eigenvalue weighted by atomic mass is 32.1. The molecule has 8 heteroatoms. The third kappa shape index (κ3) is 4.07. The van der Waals surface area contributed by atoms with Crippen LogP contribution in [0.3, 0.4) is 0 Å². The zero-order valence-electron chi connectivity index (χ0n) is 18.9. The zero-order chi connectivity index (χ0) is 23.2. The smallest absolute Gasteiger partial charge is 0.349 e. The van der Waals surface area contributed by atoms with Crippen molar-refractivity contribution in [3.63, 3.8) is 0 Å². The van der Waals surface area contributed by atoms with Crippen LogP contribution in [-0.4, -0.2) is 27.5 Å². The number of aromatic nitrogens is 2. The first kappa shape index (κ1) is 22.2. The van der Waals surface area contributed by atoms with Crippen LogP contribution in [0.15, 0.2) is 29.1 Å². The van der Waals surface area contributed by atoms with Crippen LogP contribution in [0.1, 0.15) is 60.7 Å². The second kappa shape index (κ2) is 8.16. The third-order valence-corrected chi connectivity index (χ3v) is 6.93. The number of amides is 1. The number of ether oxygens (including phenoxy) is 1. The van der Waals surface area contributed by atoms with E-state index in [0.29, 0.717) is 32.9 Å². The van der Waals surface area contributed by atoms with E-state index in [0.717, 1.165) is 35.6 Å². The maximum absolute atomic E-state index is 12.8. The van der Waals surface area contributed by atoms with Crippen molar-refractivity contribution in [2.24, 2.45) is 0 Å². The highest BCUT2D eigenvalue weighted by Gasteiger charge is 2.26. The lowest BCUT2D eigenvalue weighted by molar-refractivity contribution is -0.123. The van der Waals surface area contributed by atoms with Crippen molar-refractivity contribution in [1.82, 2.24) is 9.55 Å². The van der Waals surface area contributed by atoms with Gasteiger partial charge in [-0.05, 0) is 48.9 Å². The van der Waals surface area contributed by atoms with E-state index in [4.69, 9.17) is 4.74 Å². The number of carbonyl (C=O) groups is 2. The lowest BCUT2D eigenvalue weighted by atomic mass is 9.87.